The summed E-state index contributed by atoms with van der Waals surface area (Å²) in [4.78, 5) is 15.9. The van der Waals surface area contributed by atoms with E-state index in [0.29, 0.717) is 37.3 Å². The highest BCUT2D eigenvalue weighted by Crippen LogP contribution is 2.35. The predicted octanol–water partition coefficient (Wildman–Crippen LogP) is 5.22. The van der Waals surface area contributed by atoms with Crippen LogP contribution >= 0.6 is 0 Å². The predicted molar refractivity (Wildman–Crippen MR) is 145 cm³/mol. The molecular weight excluding hydrogens is 502 g/mol. The second kappa shape index (κ2) is 11.0. The average Bonchev–Trinajstić information content (AvgIpc) is 3.30. The highest BCUT2D eigenvalue weighted by atomic mass is 32.2. The van der Waals surface area contributed by atoms with Gasteiger partial charge >= 0.3 is 5.97 Å². The van der Waals surface area contributed by atoms with Crippen molar-refractivity contribution < 1.29 is 23.1 Å². The van der Waals surface area contributed by atoms with Crippen LogP contribution in [0.15, 0.2) is 84.0 Å². The van der Waals surface area contributed by atoms with Crippen LogP contribution < -0.4 is 4.74 Å². The number of ether oxygens (including phenoxy) is 1. The Labute approximate surface area is 222 Å². The molecule has 0 amide bonds. The van der Waals surface area contributed by atoms with Crippen LogP contribution in [0.5, 0.6) is 5.75 Å². The van der Waals surface area contributed by atoms with Crippen LogP contribution in [0.1, 0.15) is 49.3 Å². The van der Waals surface area contributed by atoms with Gasteiger partial charge in [0.05, 0.1) is 4.90 Å². The molecule has 1 atom stereocenters. The zero-order chi connectivity index (χ0) is 26.7. The Balaban J connectivity index is 1.27. The number of pyridine rings is 1. The number of fused-ring (bicyclic) bond motifs is 1. The van der Waals surface area contributed by atoms with Gasteiger partial charge in [-0.2, -0.15) is 4.31 Å². The summed E-state index contributed by atoms with van der Waals surface area (Å²) in [5.41, 5.74) is 2.74. The Bertz CT molecular complexity index is 1510. The van der Waals surface area contributed by atoms with Gasteiger partial charge in [-0.05, 0) is 72.7 Å². The number of carbonyl (C=O) groups is 1. The lowest BCUT2D eigenvalue weighted by Crippen LogP contribution is -2.37. The smallest absolute Gasteiger partial charge is 0.323 e. The molecule has 38 heavy (non-hydrogen) atoms. The molecular formula is C29H31N3O5S. The van der Waals surface area contributed by atoms with Gasteiger partial charge in [-0.15, -0.1) is 0 Å². The van der Waals surface area contributed by atoms with Gasteiger partial charge in [0.2, 0.25) is 10.0 Å². The first-order valence-corrected chi connectivity index (χ1v) is 14.3. The average molecular weight is 534 g/mol. The second-order valence-electron chi connectivity index (χ2n) is 9.56. The Kier molecular flexibility index (Phi) is 7.49. The van der Waals surface area contributed by atoms with E-state index in [1.807, 2.05) is 48.7 Å². The van der Waals surface area contributed by atoms with E-state index >= 15 is 0 Å². The molecule has 1 fully saturated rings. The summed E-state index contributed by atoms with van der Waals surface area (Å²) in [7, 11) is -3.64. The van der Waals surface area contributed by atoms with Gasteiger partial charge in [-0.3, -0.25) is 4.79 Å². The number of aromatic nitrogens is 2. The van der Waals surface area contributed by atoms with E-state index in [9.17, 15) is 18.3 Å². The summed E-state index contributed by atoms with van der Waals surface area (Å²) < 4.78 is 36.1. The van der Waals surface area contributed by atoms with Crippen LogP contribution in [0.3, 0.4) is 0 Å². The summed E-state index contributed by atoms with van der Waals surface area (Å²) in [5, 5.41) is 10.2. The van der Waals surface area contributed by atoms with Crippen molar-refractivity contribution in [3.05, 3.63) is 90.3 Å². The minimum absolute atomic E-state index is 0.102. The van der Waals surface area contributed by atoms with Crippen LogP contribution in [-0.4, -0.2) is 46.4 Å². The standard InChI is InChI=1S/C29H31N3O5S/c1-2-27(22-7-4-3-5-8-22)37-23-10-12-24(13-11-23)38(35,36)32-17-14-21(15-18-32)26-19-31(20-28(33)34)29-25(26)9-6-16-30-29/h3-13,16,19,21,27H,2,14-15,17-18,20H2,1H3,(H,33,34). The summed E-state index contributed by atoms with van der Waals surface area (Å²) in [6.07, 6.45) is 5.50. The lowest BCUT2D eigenvalue weighted by molar-refractivity contribution is -0.137. The van der Waals surface area contributed by atoms with E-state index in [-0.39, 0.29) is 23.5 Å². The maximum absolute atomic E-state index is 13.4. The zero-order valence-electron chi connectivity index (χ0n) is 21.2. The molecule has 1 aliphatic rings. The van der Waals surface area contributed by atoms with Gasteiger partial charge in [-0.25, -0.2) is 13.4 Å². The fraction of sp³-hybridized carbons (Fsp3) is 0.310. The molecule has 5 rings (SSSR count). The molecule has 0 radical (unpaired) electrons. The third-order valence-corrected chi connectivity index (χ3v) is 9.06. The highest BCUT2D eigenvalue weighted by Gasteiger charge is 2.31. The normalized spacial score (nSPS) is 15.9. The molecule has 0 bridgehead atoms. The lowest BCUT2D eigenvalue weighted by Gasteiger charge is -2.31. The first-order chi connectivity index (χ1) is 18.4. The zero-order valence-corrected chi connectivity index (χ0v) is 22.0. The number of carboxylic acids is 1. The second-order valence-corrected chi connectivity index (χ2v) is 11.5. The quantitative estimate of drug-likeness (QED) is 0.317. The first kappa shape index (κ1) is 25.9. The van der Waals surface area contributed by atoms with E-state index in [1.165, 1.54) is 4.31 Å². The molecule has 0 aliphatic carbocycles. The van der Waals surface area contributed by atoms with Gasteiger partial charge in [0, 0.05) is 30.9 Å². The van der Waals surface area contributed by atoms with Crippen molar-refractivity contribution in [2.45, 2.75) is 49.6 Å². The molecule has 2 aromatic heterocycles. The largest absolute Gasteiger partial charge is 0.486 e. The van der Waals surface area contributed by atoms with Crippen molar-refractivity contribution in [2.75, 3.05) is 13.1 Å². The van der Waals surface area contributed by atoms with Crippen LogP contribution in [-0.2, 0) is 21.4 Å². The molecule has 1 saturated heterocycles. The van der Waals surface area contributed by atoms with Crippen LogP contribution in [0, 0.1) is 0 Å². The van der Waals surface area contributed by atoms with Crippen molar-refractivity contribution in [1.82, 2.24) is 13.9 Å². The number of hydrogen-bond donors (Lipinski definition) is 1. The van der Waals surface area contributed by atoms with Gasteiger partial charge in [0.15, 0.2) is 0 Å². The molecule has 198 valence electrons. The molecule has 2 aromatic carbocycles. The SMILES string of the molecule is CCC(Oc1ccc(S(=O)(=O)N2CCC(c3cn(CC(=O)O)c4ncccc34)CC2)cc1)c1ccccc1. The molecule has 1 N–H and O–H groups in total. The number of nitrogens with zero attached hydrogens (tertiary/aromatic N) is 3. The molecule has 4 aromatic rings. The van der Waals surface area contributed by atoms with Crippen molar-refractivity contribution >= 4 is 27.0 Å². The molecule has 1 unspecified atom stereocenters. The summed E-state index contributed by atoms with van der Waals surface area (Å²) in [5.74, 6) is -0.172. The van der Waals surface area contributed by atoms with Gasteiger partial charge in [0.1, 0.15) is 24.0 Å². The first-order valence-electron chi connectivity index (χ1n) is 12.8. The Morgan fingerprint density at radius 2 is 1.76 bits per heavy atom. The molecule has 8 nitrogen and oxygen atoms in total. The number of carboxylic acid groups (broad SMARTS) is 1. The Morgan fingerprint density at radius 3 is 2.42 bits per heavy atom. The number of hydrogen-bond acceptors (Lipinski definition) is 5. The minimum atomic E-state index is -3.64. The summed E-state index contributed by atoms with van der Waals surface area (Å²) in [6, 6.07) is 20.4. The van der Waals surface area contributed by atoms with Gasteiger partial charge in [0.25, 0.3) is 0 Å². The number of benzene rings is 2. The lowest BCUT2D eigenvalue weighted by atomic mass is 9.90. The van der Waals surface area contributed by atoms with Crippen LogP contribution in [0.25, 0.3) is 11.0 Å². The van der Waals surface area contributed by atoms with Crippen molar-refractivity contribution in [1.29, 1.82) is 0 Å². The van der Waals surface area contributed by atoms with Gasteiger partial charge < -0.3 is 14.4 Å². The van der Waals surface area contributed by atoms with Crippen molar-refractivity contribution in [3.63, 3.8) is 0 Å². The summed E-state index contributed by atoms with van der Waals surface area (Å²) >= 11 is 0. The molecule has 3 heterocycles. The highest BCUT2D eigenvalue weighted by molar-refractivity contribution is 7.89. The molecule has 0 spiro atoms. The number of sulfonamides is 1. The van der Waals surface area contributed by atoms with E-state index in [4.69, 9.17) is 4.74 Å². The van der Waals surface area contributed by atoms with Crippen molar-refractivity contribution in [3.8, 4) is 5.75 Å². The van der Waals surface area contributed by atoms with Crippen LogP contribution in [0.2, 0.25) is 0 Å². The Morgan fingerprint density at radius 1 is 1.05 bits per heavy atom. The third kappa shape index (κ3) is 5.30. The molecule has 1 aliphatic heterocycles. The van der Waals surface area contributed by atoms with E-state index in [1.54, 1.807) is 35.0 Å². The van der Waals surface area contributed by atoms with Crippen LogP contribution in [0.4, 0.5) is 0 Å². The van der Waals surface area contributed by atoms with Crippen molar-refractivity contribution in [2.24, 2.45) is 0 Å². The topological polar surface area (TPSA) is 102 Å². The summed E-state index contributed by atoms with van der Waals surface area (Å²) in [6.45, 7) is 2.68. The monoisotopic (exact) mass is 533 g/mol. The Hall–Kier alpha value is -3.69. The van der Waals surface area contributed by atoms with E-state index in [0.717, 1.165) is 22.9 Å². The molecule has 9 heteroatoms. The fourth-order valence-electron chi connectivity index (χ4n) is 5.21. The maximum atomic E-state index is 13.4. The number of rotatable bonds is 9. The van der Waals surface area contributed by atoms with E-state index < -0.39 is 16.0 Å². The fourth-order valence-corrected chi connectivity index (χ4v) is 6.68. The number of aliphatic carboxylic acids is 1. The van der Waals surface area contributed by atoms with Gasteiger partial charge in [-0.1, -0.05) is 37.3 Å². The maximum Gasteiger partial charge on any atom is 0.323 e. The minimum Gasteiger partial charge on any atom is -0.486 e. The van der Waals surface area contributed by atoms with E-state index in [2.05, 4.69) is 11.9 Å². The number of piperidine rings is 1. The molecule has 0 saturated carbocycles. The third-order valence-electron chi connectivity index (χ3n) is 7.15.